The number of amides is 1. The zero-order valence-electron chi connectivity index (χ0n) is 10.6. The first-order valence-electron chi connectivity index (χ1n) is 5.54. The third-order valence-corrected chi connectivity index (χ3v) is 2.54. The van der Waals surface area contributed by atoms with Gasteiger partial charge >= 0.3 is 0 Å². The third-order valence-electron chi connectivity index (χ3n) is 2.23. The Labute approximate surface area is 112 Å². The number of hydrogen-bond donors (Lipinski definition) is 3. The fourth-order valence-electron chi connectivity index (χ4n) is 1.16. The van der Waals surface area contributed by atoms with E-state index in [0.29, 0.717) is 10.9 Å². The summed E-state index contributed by atoms with van der Waals surface area (Å²) >= 11 is 4.83. The minimum absolute atomic E-state index is 0.298. The van der Waals surface area contributed by atoms with E-state index in [1.54, 1.807) is 14.0 Å². The molecule has 0 aliphatic heterocycles. The van der Waals surface area contributed by atoms with Crippen LogP contribution in [0.15, 0.2) is 24.3 Å². The van der Waals surface area contributed by atoms with Gasteiger partial charge in [-0.1, -0.05) is 17.7 Å². The fraction of sp³-hybridized carbons (Fsp3) is 0.333. The van der Waals surface area contributed by atoms with Crippen LogP contribution >= 0.6 is 12.2 Å². The third kappa shape index (κ3) is 4.58. The Hall–Kier alpha value is -1.82. The molecular weight excluding hydrogens is 250 g/mol. The van der Waals surface area contributed by atoms with Gasteiger partial charge in [0, 0.05) is 7.05 Å². The van der Waals surface area contributed by atoms with Gasteiger partial charge in [0.2, 0.25) is 0 Å². The van der Waals surface area contributed by atoms with Crippen molar-refractivity contribution in [2.75, 3.05) is 7.05 Å². The molecule has 1 aromatic carbocycles. The molecule has 0 aliphatic carbocycles. The van der Waals surface area contributed by atoms with E-state index in [1.807, 2.05) is 31.2 Å². The topological polar surface area (TPSA) is 62.4 Å². The van der Waals surface area contributed by atoms with Gasteiger partial charge in [-0.2, -0.15) is 0 Å². The maximum Gasteiger partial charge on any atom is 0.279 e. The SMILES string of the molecule is CNC(=S)NNC(=O)[C@@H](C)Oc1ccc(C)cc1. The van der Waals surface area contributed by atoms with E-state index in [1.165, 1.54) is 0 Å². The molecule has 6 heteroatoms. The van der Waals surface area contributed by atoms with Crippen LogP contribution < -0.4 is 20.9 Å². The van der Waals surface area contributed by atoms with Crippen molar-refractivity contribution in [3.05, 3.63) is 29.8 Å². The number of rotatable bonds is 3. The van der Waals surface area contributed by atoms with Gasteiger partial charge in [0.05, 0.1) is 0 Å². The Morgan fingerprint density at radius 3 is 2.44 bits per heavy atom. The predicted molar refractivity (Wildman–Crippen MR) is 74.2 cm³/mol. The number of thiocarbonyl (C=S) groups is 1. The zero-order valence-corrected chi connectivity index (χ0v) is 11.4. The zero-order chi connectivity index (χ0) is 13.5. The first-order chi connectivity index (χ1) is 8.52. The molecule has 1 rings (SSSR count). The van der Waals surface area contributed by atoms with Crippen molar-refractivity contribution in [1.82, 2.24) is 16.2 Å². The minimum atomic E-state index is -0.611. The van der Waals surface area contributed by atoms with Gasteiger partial charge < -0.3 is 10.1 Å². The van der Waals surface area contributed by atoms with Gasteiger partial charge in [-0.3, -0.25) is 15.6 Å². The highest BCUT2D eigenvalue weighted by Gasteiger charge is 2.14. The number of carbonyl (C=O) groups is 1. The van der Waals surface area contributed by atoms with Gasteiger partial charge in [0.15, 0.2) is 11.2 Å². The summed E-state index contributed by atoms with van der Waals surface area (Å²) in [6, 6.07) is 7.50. The van der Waals surface area contributed by atoms with Crippen LogP contribution in [0.5, 0.6) is 5.75 Å². The Balaban J connectivity index is 2.44. The van der Waals surface area contributed by atoms with E-state index < -0.39 is 6.10 Å². The average Bonchev–Trinajstić information content (AvgIpc) is 2.38. The largest absolute Gasteiger partial charge is 0.481 e. The number of carbonyl (C=O) groups excluding carboxylic acids is 1. The van der Waals surface area contributed by atoms with Gasteiger partial charge in [0.1, 0.15) is 5.75 Å². The van der Waals surface area contributed by atoms with Crippen molar-refractivity contribution in [1.29, 1.82) is 0 Å². The molecule has 1 aromatic rings. The van der Waals surface area contributed by atoms with Gasteiger partial charge in [-0.15, -0.1) is 0 Å². The summed E-state index contributed by atoms with van der Waals surface area (Å²) in [5.41, 5.74) is 6.14. The van der Waals surface area contributed by atoms with Crippen molar-refractivity contribution >= 4 is 23.2 Å². The van der Waals surface area contributed by atoms with E-state index in [2.05, 4.69) is 16.2 Å². The molecule has 18 heavy (non-hydrogen) atoms. The number of nitrogens with one attached hydrogen (secondary N) is 3. The molecule has 0 aliphatic rings. The summed E-state index contributed by atoms with van der Waals surface area (Å²) in [5, 5.41) is 3.02. The number of hydrazine groups is 1. The Bertz CT molecular complexity index is 420. The molecule has 0 fully saturated rings. The molecule has 0 heterocycles. The molecule has 0 aromatic heterocycles. The molecule has 0 unspecified atom stereocenters. The Morgan fingerprint density at radius 2 is 1.89 bits per heavy atom. The van der Waals surface area contributed by atoms with Gasteiger partial charge in [-0.25, -0.2) is 0 Å². The number of benzene rings is 1. The Kier molecular flexibility index (Phi) is 5.38. The van der Waals surface area contributed by atoms with Crippen LogP contribution in [0.25, 0.3) is 0 Å². The summed E-state index contributed by atoms with van der Waals surface area (Å²) in [4.78, 5) is 11.6. The molecular formula is C12H17N3O2S. The highest BCUT2D eigenvalue weighted by atomic mass is 32.1. The molecule has 0 bridgehead atoms. The lowest BCUT2D eigenvalue weighted by atomic mass is 10.2. The lowest BCUT2D eigenvalue weighted by Gasteiger charge is -2.15. The normalized spacial score (nSPS) is 11.3. The van der Waals surface area contributed by atoms with Crippen LogP contribution in [-0.4, -0.2) is 24.2 Å². The number of aryl methyl sites for hydroxylation is 1. The standard InChI is InChI=1S/C12H17N3O2S/c1-8-4-6-10(7-5-8)17-9(2)11(16)14-15-12(18)13-3/h4-7,9H,1-3H3,(H,14,16)(H2,13,15,18)/t9-/m1/s1. The smallest absolute Gasteiger partial charge is 0.279 e. The summed E-state index contributed by atoms with van der Waals surface area (Å²) in [5.74, 6) is 0.354. The van der Waals surface area contributed by atoms with Crippen LogP contribution in [0, 0.1) is 6.92 Å². The van der Waals surface area contributed by atoms with Crippen molar-refractivity contribution in [3.8, 4) is 5.75 Å². The van der Waals surface area contributed by atoms with E-state index >= 15 is 0 Å². The molecule has 0 saturated carbocycles. The summed E-state index contributed by atoms with van der Waals surface area (Å²) in [6.07, 6.45) is -0.611. The van der Waals surface area contributed by atoms with E-state index in [0.717, 1.165) is 5.56 Å². The second-order valence-corrected chi connectivity index (χ2v) is 4.17. The van der Waals surface area contributed by atoms with Crippen LogP contribution in [0.1, 0.15) is 12.5 Å². The average molecular weight is 267 g/mol. The number of ether oxygens (including phenoxy) is 1. The van der Waals surface area contributed by atoms with Crippen molar-refractivity contribution < 1.29 is 9.53 Å². The molecule has 98 valence electrons. The van der Waals surface area contributed by atoms with Crippen LogP contribution in [0.2, 0.25) is 0 Å². The predicted octanol–water partition coefficient (Wildman–Crippen LogP) is 0.887. The first-order valence-corrected chi connectivity index (χ1v) is 5.94. The van der Waals surface area contributed by atoms with Crippen molar-refractivity contribution in [2.45, 2.75) is 20.0 Å². The molecule has 0 radical (unpaired) electrons. The lowest BCUT2D eigenvalue weighted by Crippen LogP contribution is -2.49. The van der Waals surface area contributed by atoms with Gasteiger partial charge in [-0.05, 0) is 38.2 Å². The Morgan fingerprint density at radius 1 is 1.28 bits per heavy atom. The van der Waals surface area contributed by atoms with E-state index in [4.69, 9.17) is 17.0 Å². The second-order valence-electron chi connectivity index (χ2n) is 3.77. The first kappa shape index (κ1) is 14.2. The molecule has 3 N–H and O–H groups in total. The van der Waals surface area contributed by atoms with Gasteiger partial charge in [0.25, 0.3) is 5.91 Å². The maximum absolute atomic E-state index is 11.6. The quantitative estimate of drug-likeness (QED) is 0.561. The van der Waals surface area contributed by atoms with E-state index in [-0.39, 0.29) is 5.91 Å². The highest BCUT2D eigenvalue weighted by molar-refractivity contribution is 7.80. The molecule has 0 spiro atoms. The highest BCUT2D eigenvalue weighted by Crippen LogP contribution is 2.13. The minimum Gasteiger partial charge on any atom is -0.481 e. The van der Waals surface area contributed by atoms with Crippen LogP contribution in [0.3, 0.4) is 0 Å². The second kappa shape index (κ2) is 6.80. The summed E-state index contributed by atoms with van der Waals surface area (Å²) < 4.78 is 5.48. The van der Waals surface area contributed by atoms with Crippen LogP contribution in [0.4, 0.5) is 0 Å². The van der Waals surface area contributed by atoms with Crippen molar-refractivity contribution in [3.63, 3.8) is 0 Å². The lowest BCUT2D eigenvalue weighted by molar-refractivity contribution is -0.127. The molecule has 1 amide bonds. The molecule has 5 nitrogen and oxygen atoms in total. The molecule has 1 atom stereocenters. The monoisotopic (exact) mass is 267 g/mol. The summed E-state index contributed by atoms with van der Waals surface area (Å²) in [6.45, 7) is 3.65. The van der Waals surface area contributed by atoms with Crippen molar-refractivity contribution in [2.24, 2.45) is 0 Å². The van der Waals surface area contributed by atoms with E-state index in [9.17, 15) is 4.79 Å². The maximum atomic E-state index is 11.6. The summed E-state index contributed by atoms with van der Waals surface area (Å²) in [7, 11) is 1.66. The fourth-order valence-corrected chi connectivity index (χ4v) is 1.21. The van der Waals surface area contributed by atoms with Crippen LogP contribution in [-0.2, 0) is 4.79 Å². The number of hydrogen-bond acceptors (Lipinski definition) is 3. The molecule has 0 saturated heterocycles.